The van der Waals surface area contributed by atoms with Crippen LogP contribution in [0.2, 0.25) is 0 Å². The molecule has 3 fully saturated rings. The van der Waals surface area contributed by atoms with Gasteiger partial charge in [0.25, 0.3) is 0 Å². The zero-order chi connectivity index (χ0) is 23.6. The molecule has 1 aromatic rings. The largest absolute Gasteiger partial charge is 0.387 e. The van der Waals surface area contributed by atoms with E-state index in [9.17, 15) is 9.59 Å². The van der Waals surface area contributed by atoms with Gasteiger partial charge in [-0.2, -0.15) is 0 Å². The number of rotatable bonds is 2. The standard InChI is InChI=1S/C29H40N2O2/c1-27(2,3)18-6-8-19(9-7-18)31-26(33)24-11-10-22-21-17-30-25-16-20(32)12-14-29(25,5)23(21)13-15-28(22,24)4/h6-9,16,21-24,30H,10-15,17H2,1-5H3,(H,31,33)/t21?,22?,23?,24-,28+,29-/m1/s1. The summed E-state index contributed by atoms with van der Waals surface area (Å²) in [6.07, 6.45) is 7.89. The SMILES string of the molecule is CC(C)(C)c1ccc(NC(=O)[C@H]2CCC3C4CNC5=CC(=O)CC[C@]5(C)C4CC[C@@]32C)cc1. The molecule has 3 unspecified atom stereocenters. The van der Waals surface area contributed by atoms with Crippen molar-refractivity contribution >= 4 is 17.4 Å². The van der Waals surface area contributed by atoms with E-state index in [0.29, 0.717) is 24.2 Å². The lowest BCUT2D eigenvalue weighted by Crippen LogP contribution is -2.57. The first-order valence-electron chi connectivity index (χ1n) is 12.9. The molecule has 1 aliphatic heterocycles. The number of carbonyl (C=O) groups excluding carboxylic acids is 2. The second-order valence-corrected chi connectivity index (χ2v) is 12.7. The molecule has 1 aromatic carbocycles. The van der Waals surface area contributed by atoms with Gasteiger partial charge in [0.15, 0.2) is 5.78 Å². The van der Waals surface area contributed by atoms with Crippen molar-refractivity contribution in [3.8, 4) is 0 Å². The molecule has 6 atom stereocenters. The van der Waals surface area contributed by atoms with Gasteiger partial charge in [-0.25, -0.2) is 0 Å². The number of allylic oxidation sites excluding steroid dienone is 2. The fourth-order valence-corrected chi connectivity index (χ4v) is 7.86. The van der Waals surface area contributed by atoms with Crippen LogP contribution in [0.3, 0.4) is 0 Å². The summed E-state index contributed by atoms with van der Waals surface area (Å²) >= 11 is 0. The van der Waals surface area contributed by atoms with Crippen LogP contribution in [0.5, 0.6) is 0 Å². The fourth-order valence-electron chi connectivity index (χ4n) is 7.86. The van der Waals surface area contributed by atoms with E-state index in [2.05, 4.69) is 57.4 Å². The van der Waals surface area contributed by atoms with Crippen LogP contribution in [0.4, 0.5) is 5.69 Å². The van der Waals surface area contributed by atoms with E-state index >= 15 is 0 Å². The lowest BCUT2D eigenvalue weighted by molar-refractivity contribution is -0.127. The van der Waals surface area contributed by atoms with Crippen molar-refractivity contribution < 1.29 is 9.59 Å². The molecule has 33 heavy (non-hydrogen) atoms. The second kappa shape index (κ2) is 7.71. The number of nitrogens with one attached hydrogen (secondary N) is 2. The Morgan fingerprint density at radius 1 is 1.03 bits per heavy atom. The Labute approximate surface area is 199 Å². The number of benzene rings is 1. The molecule has 0 bridgehead atoms. The minimum Gasteiger partial charge on any atom is -0.387 e. The molecule has 0 spiro atoms. The summed E-state index contributed by atoms with van der Waals surface area (Å²) in [6.45, 7) is 12.3. The van der Waals surface area contributed by atoms with Crippen LogP contribution in [0.1, 0.15) is 78.7 Å². The lowest BCUT2D eigenvalue weighted by atomic mass is 9.50. The summed E-state index contributed by atoms with van der Waals surface area (Å²) in [5, 5.41) is 6.91. The summed E-state index contributed by atoms with van der Waals surface area (Å²) in [7, 11) is 0. The van der Waals surface area contributed by atoms with Gasteiger partial charge >= 0.3 is 0 Å². The molecular formula is C29H40N2O2. The predicted octanol–water partition coefficient (Wildman–Crippen LogP) is 5.84. The third-order valence-corrected chi connectivity index (χ3v) is 9.93. The maximum Gasteiger partial charge on any atom is 0.228 e. The number of hydrogen-bond acceptors (Lipinski definition) is 3. The molecule has 0 aromatic heterocycles. The summed E-state index contributed by atoms with van der Waals surface area (Å²) in [5.74, 6) is 2.30. The molecule has 4 heteroatoms. The van der Waals surface area contributed by atoms with E-state index in [4.69, 9.17) is 0 Å². The van der Waals surface area contributed by atoms with E-state index < -0.39 is 0 Å². The Morgan fingerprint density at radius 3 is 2.45 bits per heavy atom. The van der Waals surface area contributed by atoms with Gasteiger partial charge in [-0.1, -0.05) is 46.8 Å². The van der Waals surface area contributed by atoms with Crippen molar-refractivity contribution in [2.75, 3.05) is 11.9 Å². The highest BCUT2D eigenvalue weighted by atomic mass is 16.2. The molecular weight excluding hydrogens is 408 g/mol. The van der Waals surface area contributed by atoms with E-state index in [1.54, 1.807) is 0 Å². The normalized spacial score (nSPS) is 37.8. The zero-order valence-corrected chi connectivity index (χ0v) is 21.0. The Kier molecular flexibility index (Phi) is 5.30. The highest BCUT2D eigenvalue weighted by molar-refractivity contribution is 5.93. The van der Waals surface area contributed by atoms with E-state index in [-0.39, 0.29) is 33.9 Å². The quantitative estimate of drug-likeness (QED) is 0.598. The van der Waals surface area contributed by atoms with Gasteiger partial charge in [0, 0.05) is 41.8 Å². The maximum absolute atomic E-state index is 13.5. The second-order valence-electron chi connectivity index (χ2n) is 12.7. The average molecular weight is 449 g/mol. The number of piperidine rings is 1. The van der Waals surface area contributed by atoms with Crippen LogP contribution in [0.15, 0.2) is 36.0 Å². The molecule has 2 N–H and O–H groups in total. The highest BCUT2D eigenvalue weighted by Gasteiger charge is 2.60. The first-order valence-corrected chi connectivity index (χ1v) is 12.9. The van der Waals surface area contributed by atoms with Crippen LogP contribution < -0.4 is 10.6 Å². The first-order chi connectivity index (χ1) is 15.5. The number of amides is 1. The third kappa shape index (κ3) is 3.65. The number of anilines is 1. The lowest BCUT2D eigenvalue weighted by Gasteiger charge is -2.58. The Hall–Kier alpha value is -2.10. The van der Waals surface area contributed by atoms with Gasteiger partial charge in [0.2, 0.25) is 5.91 Å². The van der Waals surface area contributed by atoms with Crippen LogP contribution in [0, 0.1) is 34.5 Å². The van der Waals surface area contributed by atoms with Crippen LogP contribution in [-0.4, -0.2) is 18.2 Å². The molecule has 1 amide bonds. The first kappa shape index (κ1) is 22.7. The van der Waals surface area contributed by atoms with E-state index in [1.807, 2.05) is 18.2 Å². The Morgan fingerprint density at radius 2 is 1.76 bits per heavy atom. The topological polar surface area (TPSA) is 58.2 Å². The fraction of sp³-hybridized carbons (Fsp3) is 0.655. The van der Waals surface area contributed by atoms with Gasteiger partial charge in [0.1, 0.15) is 0 Å². The minimum absolute atomic E-state index is 0.0559. The molecule has 3 aliphatic carbocycles. The summed E-state index contributed by atoms with van der Waals surface area (Å²) in [4.78, 5) is 25.5. The van der Waals surface area contributed by atoms with Crippen molar-refractivity contribution in [3.05, 3.63) is 41.6 Å². The van der Waals surface area contributed by atoms with Crippen LogP contribution in [-0.2, 0) is 15.0 Å². The molecule has 0 radical (unpaired) electrons. The molecule has 2 saturated carbocycles. The summed E-state index contributed by atoms with van der Waals surface area (Å²) in [6, 6.07) is 8.37. The van der Waals surface area contributed by atoms with Crippen LogP contribution in [0.25, 0.3) is 0 Å². The third-order valence-electron chi connectivity index (χ3n) is 9.93. The summed E-state index contributed by atoms with van der Waals surface area (Å²) < 4.78 is 0. The number of hydrogen-bond donors (Lipinski definition) is 2. The molecule has 1 saturated heterocycles. The monoisotopic (exact) mass is 448 g/mol. The van der Waals surface area contributed by atoms with Gasteiger partial charge in [-0.3, -0.25) is 9.59 Å². The Bertz CT molecular complexity index is 988. The molecule has 4 nitrogen and oxygen atoms in total. The molecule has 178 valence electrons. The van der Waals surface area contributed by atoms with Crippen molar-refractivity contribution in [2.24, 2.45) is 34.5 Å². The van der Waals surface area contributed by atoms with Crippen molar-refractivity contribution in [2.45, 2.75) is 78.6 Å². The smallest absolute Gasteiger partial charge is 0.228 e. The van der Waals surface area contributed by atoms with E-state index in [1.165, 1.54) is 11.3 Å². The molecule has 1 heterocycles. The highest BCUT2D eigenvalue weighted by Crippen LogP contribution is 2.64. The van der Waals surface area contributed by atoms with Gasteiger partial charge in [-0.05, 0) is 78.4 Å². The molecule has 4 aliphatic rings. The molecule has 5 rings (SSSR count). The van der Waals surface area contributed by atoms with Crippen molar-refractivity contribution in [3.63, 3.8) is 0 Å². The van der Waals surface area contributed by atoms with E-state index in [0.717, 1.165) is 44.3 Å². The minimum atomic E-state index is 0.0559. The van der Waals surface area contributed by atoms with Crippen LogP contribution >= 0.6 is 0 Å². The average Bonchev–Trinajstić information content (AvgIpc) is 3.11. The van der Waals surface area contributed by atoms with Gasteiger partial charge in [-0.15, -0.1) is 0 Å². The van der Waals surface area contributed by atoms with Crippen molar-refractivity contribution in [1.29, 1.82) is 0 Å². The maximum atomic E-state index is 13.5. The zero-order valence-electron chi connectivity index (χ0n) is 21.0. The van der Waals surface area contributed by atoms with Gasteiger partial charge in [0.05, 0.1) is 0 Å². The number of ketones is 1. The van der Waals surface area contributed by atoms with Crippen molar-refractivity contribution in [1.82, 2.24) is 5.32 Å². The predicted molar refractivity (Wildman–Crippen MR) is 133 cm³/mol. The number of fused-ring (bicyclic) bond motifs is 5. The number of carbonyl (C=O) groups is 2. The Balaban J connectivity index is 1.32. The van der Waals surface area contributed by atoms with Gasteiger partial charge < -0.3 is 10.6 Å². The summed E-state index contributed by atoms with van der Waals surface area (Å²) in [5.41, 5.74) is 3.62.